The SMILES string of the molecule is CN1C(=O)C(C)(C)c2cc(-c3csc(NC(=O)CCC(=O)c4ccc5c(c4)CCCC5)n3)ccc21. The van der Waals surface area contributed by atoms with Crippen molar-refractivity contribution in [2.45, 2.75) is 57.8 Å². The molecule has 2 aromatic carbocycles. The summed E-state index contributed by atoms with van der Waals surface area (Å²) in [5.41, 5.74) is 6.26. The Bertz CT molecular complexity index is 1340. The molecule has 180 valence electrons. The van der Waals surface area contributed by atoms with Gasteiger partial charge in [-0.2, -0.15) is 0 Å². The molecule has 1 aliphatic heterocycles. The lowest BCUT2D eigenvalue weighted by molar-refractivity contribution is -0.121. The van der Waals surface area contributed by atoms with Crippen LogP contribution in [0.5, 0.6) is 0 Å². The first kappa shape index (κ1) is 23.4. The zero-order chi connectivity index (χ0) is 24.7. The van der Waals surface area contributed by atoms with Crippen LogP contribution in [0.4, 0.5) is 10.8 Å². The highest BCUT2D eigenvalue weighted by molar-refractivity contribution is 7.14. The van der Waals surface area contributed by atoms with Gasteiger partial charge >= 0.3 is 0 Å². The van der Waals surface area contributed by atoms with Gasteiger partial charge in [-0.3, -0.25) is 14.4 Å². The van der Waals surface area contributed by atoms with Crippen LogP contribution in [0, 0.1) is 0 Å². The van der Waals surface area contributed by atoms with Crippen molar-refractivity contribution < 1.29 is 14.4 Å². The molecule has 2 heterocycles. The summed E-state index contributed by atoms with van der Waals surface area (Å²) in [6.45, 7) is 3.86. The van der Waals surface area contributed by atoms with E-state index in [1.165, 1.54) is 35.3 Å². The third-order valence-electron chi connectivity index (χ3n) is 7.17. The molecule has 0 atom stereocenters. The van der Waals surface area contributed by atoms with Crippen molar-refractivity contribution in [3.63, 3.8) is 0 Å². The maximum Gasteiger partial charge on any atom is 0.236 e. The number of aryl methyl sites for hydroxylation is 2. The number of ketones is 1. The first-order chi connectivity index (χ1) is 16.7. The zero-order valence-corrected chi connectivity index (χ0v) is 21.1. The van der Waals surface area contributed by atoms with Crippen LogP contribution in [0.2, 0.25) is 0 Å². The van der Waals surface area contributed by atoms with Gasteiger partial charge in [-0.15, -0.1) is 11.3 Å². The highest BCUT2D eigenvalue weighted by Crippen LogP contribution is 2.42. The number of amides is 2. The molecule has 5 rings (SSSR count). The van der Waals surface area contributed by atoms with E-state index in [0.717, 1.165) is 35.3 Å². The van der Waals surface area contributed by atoms with E-state index in [2.05, 4.69) is 16.4 Å². The fourth-order valence-corrected chi connectivity index (χ4v) is 5.79. The number of rotatable bonds is 6. The maximum atomic E-state index is 12.6. The number of hydrogen-bond acceptors (Lipinski definition) is 5. The highest BCUT2D eigenvalue weighted by Gasteiger charge is 2.42. The number of thiazole rings is 1. The van der Waals surface area contributed by atoms with Crippen LogP contribution < -0.4 is 10.2 Å². The van der Waals surface area contributed by atoms with Crippen molar-refractivity contribution >= 4 is 39.8 Å². The van der Waals surface area contributed by atoms with Gasteiger partial charge in [0.15, 0.2) is 10.9 Å². The lowest BCUT2D eigenvalue weighted by Gasteiger charge is -2.16. The van der Waals surface area contributed by atoms with E-state index >= 15 is 0 Å². The molecule has 0 fully saturated rings. The minimum absolute atomic E-state index is 0.00591. The molecule has 0 saturated carbocycles. The van der Waals surface area contributed by atoms with E-state index in [1.807, 2.05) is 49.6 Å². The molecule has 6 nitrogen and oxygen atoms in total. The van der Waals surface area contributed by atoms with Crippen LogP contribution in [0.1, 0.15) is 66.6 Å². The third-order valence-corrected chi connectivity index (χ3v) is 7.92. The Morgan fingerprint density at radius 1 is 1.06 bits per heavy atom. The lowest BCUT2D eigenvalue weighted by Crippen LogP contribution is -2.33. The molecule has 2 aliphatic rings. The number of fused-ring (bicyclic) bond motifs is 2. The van der Waals surface area contributed by atoms with E-state index in [9.17, 15) is 14.4 Å². The smallest absolute Gasteiger partial charge is 0.236 e. The van der Waals surface area contributed by atoms with Crippen molar-refractivity contribution in [2.75, 3.05) is 17.3 Å². The normalized spacial score (nSPS) is 16.1. The zero-order valence-electron chi connectivity index (χ0n) is 20.3. The number of nitrogens with zero attached hydrogens (tertiary/aromatic N) is 2. The summed E-state index contributed by atoms with van der Waals surface area (Å²) < 4.78 is 0. The number of anilines is 2. The number of benzene rings is 2. The molecule has 0 radical (unpaired) electrons. The minimum Gasteiger partial charge on any atom is -0.314 e. The number of hydrogen-bond donors (Lipinski definition) is 1. The predicted molar refractivity (Wildman–Crippen MR) is 139 cm³/mol. The second kappa shape index (κ2) is 9.04. The number of aromatic nitrogens is 1. The Hall–Kier alpha value is -3.32. The molecular formula is C28H29N3O3S. The molecule has 1 N–H and O–H groups in total. The average Bonchev–Trinajstić information content (AvgIpc) is 3.39. The van der Waals surface area contributed by atoms with Crippen molar-refractivity contribution in [2.24, 2.45) is 0 Å². The van der Waals surface area contributed by atoms with Gasteiger partial charge < -0.3 is 10.2 Å². The fraction of sp³-hybridized carbons (Fsp3) is 0.357. The van der Waals surface area contributed by atoms with E-state index in [-0.39, 0.29) is 30.4 Å². The van der Waals surface area contributed by atoms with Crippen molar-refractivity contribution in [3.05, 3.63) is 64.0 Å². The molecule has 7 heteroatoms. The first-order valence-electron chi connectivity index (χ1n) is 12.1. The van der Waals surface area contributed by atoms with Gasteiger partial charge in [-0.25, -0.2) is 4.98 Å². The van der Waals surface area contributed by atoms with Crippen molar-refractivity contribution in [1.82, 2.24) is 4.98 Å². The third kappa shape index (κ3) is 4.41. The average molecular weight is 488 g/mol. The monoisotopic (exact) mass is 487 g/mol. The van der Waals surface area contributed by atoms with Gasteiger partial charge in [0.1, 0.15) is 0 Å². The second-order valence-electron chi connectivity index (χ2n) is 9.92. The summed E-state index contributed by atoms with van der Waals surface area (Å²) in [5.74, 6) is -0.158. The summed E-state index contributed by atoms with van der Waals surface area (Å²) in [4.78, 5) is 44.0. The molecule has 0 saturated heterocycles. The van der Waals surface area contributed by atoms with Crippen LogP contribution in [0.3, 0.4) is 0 Å². The number of carbonyl (C=O) groups is 3. The van der Waals surface area contributed by atoms with Crippen molar-refractivity contribution in [3.8, 4) is 11.3 Å². The minimum atomic E-state index is -0.586. The first-order valence-corrected chi connectivity index (χ1v) is 13.0. The van der Waals surface area contributed by atoms with E-state index in [4.69, 9.17) is 0 Å². The van der Waals surface area contributed by atoms with Gasteiger partial charge in [-0.1, -0.05) is 18.2 Å². The Kier molecular flexibility index (Phi) is 6.05. The fourth-order valence-electron chi connectivity index (χ4n) is 5.06. The summed E-state index contributed by atoms with van der Waals surface area (Å²) in [6, 6.07) is 11.9. The quantitative estimate of drug-likeness (QED) is 0.463. The number of Topliss-reactive ketones (excluding diaryl/α,β-unsaturated/α-hetero) is 1. The number of carbonyl (C=O) groups excluding carboxylic acids is 3. The maximum absolute atomic E-state index is 12.6. The van der Waals surface area contributed by atoms with Crippen LogP contribution in [-0.4, -0.2) is 29.6 Å². The van der Waals surface area contributed by atoms with E-state index < -0.39 is 5.41 Å². The van der Waals surface area contributed by atoms with Gasteiger partial charge in [0.05, 0.1) is 11.1 Å². The molecule has 0 spiro atoms. The molecule has 3 aromatic rings. The summed E-state index contributed by atoms with van der Waals surface area (Å²) in [5, 5.41) is 5.22. The summed E-state index contributed by atoms with van der Waals surface area (Å²) in [7, 11) is 1.79. The Balaban J connectivity index is 1.21. The van der Waals surface area contributed by atoms with E-state index in [0.29, 0.717) is 10.7 Å². The highest BCUT2D eigenvalue weighted by atomic mass is 32.1. The van der Waals surface area contributed by atoms with Gasteiger partial charge in [0.2, 0.25) is 11.8 Å². The second-order valence-corrected chi connectivity index (χ2v) is 10.8. The number of nitrogens with one attached hydrogen (secondary N) is 1. The molecule has 1 aliphatic carbocycles. The van der Waals surface area contributed by atoms with Crippen LogP contribution in [-0.2, 0) is 27.8 Å². The van der Waals surface area contributed by atoms with E-state index in [1.54, 1.807) is 11.9 Å². The topological polar surface area (TPSA) is 79.4 Å². The molecule has 35 heavy (non-hydrogen) atoms. The molecule has 2 amide bonds. The number of likely N-dealkylation sites (N-methyl/N-ethyl adjacent to an activating group) is 1. The molecular weight excluding hydrogens is 458 g/mol. The standard InChI is InChI=1S/C28H29N3O3S/c1-28(2)21-15-19(10-11-23(21)31(3)26(28)34)22-16-35-27(29-22)30-25(33)13-12-24(32)20-9-8-17-6-4-5-7-18(17)14-20/h8-11,14-16H,4-7,12-13H2,1-3H3,(H,29,30,33). The summed E-state index contributed by atoms with van der Waals surface area (Å²) in [6.07, 6.45) is 4.77. The van der Waals surface area contributed by atoms with Crippen LogP contribution in [0.15, 0.2) is 41.8 Å². The molecule has 0 unspecified atom stereocenters. The largest absolute Gasteiger partial charge is 0.314 e. The summed E-state index contributed by atoms with van der Waals surface area (Å²) >= 11 is 1.35. The Morgan fingerprint density at radius 2 is 1.83 bits per heavy atom. The van der Waals surface area contributed by atoms with Gasteiger partial charge in [0.25, 0.3) is 0 Å². The lowest BCUT2D eigenvalue weighted by atomic mass is 9.85. The van der Waals surface area contributed by atoms with Crippen molar-refractivity contribution in [1.29, 1.82) is 0 Å². The van der Waals surface area contributed by atoms with Gasteiger partial charge in [0, 0.05) is 42.1 Å². The van der Waals surface area contributed by atoms with Crippen LogP contribution in [0.25, 0.3) is 11.3 Å². The van der Waals surface area contributed by atoms with Gasteiger partial charge in [-0.05, 0) is 74.4 Å². The Labute approximate surface area is 209 Å². The predicted octanol–water partition coefficient (Wildman–Crippen LogP) is 5.54. The molecule has 0 bridgehead atoms. The molecule has 1 aromatic heterocycles. The van der Waals surface area contributed by atoms with Crippen LogP contribution >= 0.6 is 11.3 Å². The Morgan fingerprint density at radius 3 is 2.63 bits per heavy atom.